The molecule has 0 aliphatic carbocycles. The van der Waals surface area contributed by atoms with Crippen LogP contribution in [0.15, 0.2) is 23.1 Å². The Morgan fingerprint density at radius 3 is 2.89 bits per heavy atom. The number of anilines is 1. The molecule has 0 spiro atoms. The van der Waals surface area contributed by atoms with Crippen molar-refractivity contribution < 1.29 is 4.74 Å². The predicted octanol–water partition coefficient (Wildman–Crippen LogP) is 2.68. The van der Waals surface area contributed by atoms with Crippen molar-refractivity contribution in [3.8, 4) is 11.6 Å². The number of nitrogens with one attached hydrogen (secondary N) is 1. The maximum Gasteiger partial charge on any atom is 0.238 e. The fourth-order valence-corrected chi connectivity index (χ4v) is 1.62. The third-order valence-corrected chi connectivity index (χ3v) is 2.74. The van der Waals surface area contributed by atoms with Crippen LogP contribution in [0, 0.1) is 0 Å². The summed E-state index contributed by atoms with van der Waals surface area (Å²) in [7, 11) is 0. The Hall–Kier alpha value is -1.63. The third kappa shape index (κ3) is 2.98. The van der Waals surface area contributed by atoms with Gasteiger partial charge in [0.1, 0.15) is 0 Å². The highest BCUT2D eigenvalue weighted by Gasteiger charge is 2.08. The summed E-state index contributed by atoms with van der Waals surface area (Å²) in [6, 6.07) is 0. The second-order valence-corrected chi connectivity index (χ2v) is 4.37. The van der Waals surface area contributed by atoms with E-state index >= 15 is 0 Å². The Morgan fingerprint density at radius 2 is 2.22 bits per heavy atom. The van der Waals surface area contributed by atoms with Crippen LogP contribution in [0.1, 0.15) is 13.8 Å². The summed E-state index contributed by atoms with van der Waals surface area (Å²) in [5, 5.41) is 7.17. The van der Waals surface area contributed by atoms with Gasteiger partial charge in [-0.25, -0.2) is 4.98 Å². The van der Waals surface area contributed by atoms with Gasteiger partial charge >= 0.3 is 0 Å². The molecule has 18 heavy (non-hydrogen) atoms. The van der Waals surface area contributed by atoms with Crippen molar-refractivity contribution in [2.24, 2.45) is 0 Å². The summed E-state index contributed by atoms with van der Waals surface area (Å²) in [5.41, 5.74) is 0. The molecule has 2 rings (SSSR count). The zero-order valence-electron chi connectivity index (χ0n) is 10.2. The van der Waals surface area contributed by atoms with E-state index in [1.54, 1.807) is 17.1 Å². The molecule has 0 aromatic carbocycles. The van der Waals surface area contributed by atoms with Crippen LogP contribution in [0.2, 0.25) is 0 Å². The fraction of sp³-hybridized carbons (Fsp3) is 0.364. The van der Waals surface area contributed by atoms with Gasteiger partial charge in [0.05, 0.1) is 23.1 Å². The molecule has 7 heteroatoms. The highest BCUT2D eigenvalue weighted by Crippen LogP contribution is 2.27. The second kappa shape index (κ2) is 5.81. The van der Waals surface area contributed by atoms with Crippen molar-refractivity contribution in [2.75, 3.05) is 11.9 Å². The van der Waals surface area contributed by atoms with Crippen molar-refractivity contribution in [3.63, 3.8) is 0 Å². The van der Waals surface area contributed by atoms with E-state index in [4.69, 9.17) is 4.74 Å². The minimum Gasteiger partial charge on any atom is -0.434 e. The van der Waals surface area contributed by atoms with Gasteiger partial charge in [0.25, 0.3) is 0 Å². The highest BCUT2D eigenvalue weighted by molar-refractivity contribution is 9.10. The number of aryl methyl sites for hydroxylation is 1. The summed E-state index contributed by atoms with van der Waals surface area (Å²) in [5.74, 6) is 1.66. The standard InChI is InChI=1S/C11H14BrN5O/c1-3-13-11-14-6-9(12)10(16-11)18-8-5-15-17(4-2)7-8/h5-7H,3-4H2,1-2H3,(H,13,14,16). The van der Waals surface area contributed by atoms with E-state index in [0.29, 0.717) is 22.1 Å². The minimum atomic E-state index is 0.469. The van der Waals surface area contributed by atoms with Crippen LogP contribution >= 0.6 is 15.9 Å². The van der Waals surface area contributed by atoms with Crippen LogP contribution in [0.5, 0.6) is 11.6 Å². The molecule has 0 bridgehead atoms. The second-order valence-electron chi connectivity index (χ2n) is 3.51. The van der Waals surface area contributed by atoms with Crippen LogP contribution in [0.4, 0.5) is 5.95 Å². The molecule has 6 nitrogen and oxygen atoms in total. The van der Waals surface area contributed by atoms with E-state index in [0.717, 1.165) is 13.1 Å². The molecule has 0 aliphatic heterocycles. The van der Waals surface area contributed by atoms with Crippen molar-refractivity contribution in [2.45, 2.75) is 20.4 Å². The van der Waals surface area contributed by atoms with Crippen LogP contribution in [-0.2, 0) is 6.54 Å². The normalized spacial score (nSPS) is 10.4. The van der Waals surface area contributed by atoms with Crippen molar-refractivity contribution >= 4 is 21.9 Å². The topological polar surface area (TPSA) is 64.9 Å². The number of hydrogen-bond donors (Lipinski definition) is 1. The highest BCUT2D eigenvalue weighted by atomic mass is 79.9. The molecule has 0 atom stereocenters. The molecule has 2 heterocycles. The molecule has 2 aromatic heterocycles. The maximum atomic E-state index is 5.66. The van der Waals surface area contributed by atoms with E-state index < -0.39 is 0 Å². The van der Waals surface area contributed by atoms with E-state index in [1.807, 2.05) is 20.0 Å². The molecule has 0 fully saturated rings. The van der Waals surface area contributed by atoms with E-state index in [-0.39, 0.29) is 0 Å². The SMILES string of the molecule is CCNc1ncc(Br)c(Oc2cnn(CC)c2)n1. The van der Waals surface area contributed by atoms with Crippen LogP contribution in [0.25, 0.3) is 0 Å². The van der Waals surface area contributed by atoms with Gasteiger partial charge in [-0.1, -0.05) is 0 Å². The van der Waals surface area contributed by atoms with Gasteiger partial charge < -0.3 is 10.1 Å². The molecule has 0 radical (unpaired) electrons. The smallest absolute Gasteiger partial charge is 0.238 e. The molecule has 0 amide bonds. The fourth-order valence-electron chi connectivity index (χ4n) is 1.35. The Labute approximate surface area is 114 Å². The first-order valence-corrected chi connectivity index (χ1v) is 6.49. The van der Waals surface area contributed by atoms with Gasteiger partial charge in [0.2, 0.25) is 11.8 Å². The lowest BCUT2D eigenvalue weighted by atomic mass is 10.6. The molecular formula is C11H14BrN5O. The summed E-state index contributed by atoms with van der Waals surface area (Å²) in [4.78, 5) is 8.39. The van der Waals surface area contributed by atoms with Crippen LogP contribution in [0.3, 0.4) is 0 Å². The summed E-state index contributed by atoms with van der Waals surface area (Å²) < 4.78 is 8.15. The number of aromatic nitrogens is 4. The Kier molecular flexibility index (Phi) is 4.14. The third-order valence-electron chi connectivity index (χ3n) is 2.19. The zero-order chi connectivity index (χ0) is 13.0. The van der Waals surface area contributed by atoms with Gasteiger partial charge in [-0.3, -0.25) is 4.68 Å². The largest absolute Gasteiger partial charge is 0.434 e. The average molecular weight is 312 g/mol. The lowest BCUT2D eigenvalue weighted by molar-refractivity contribution is 0.458. The Balaban J connectivity index is 2.19. The number of halogens is 1. The number of rotatable bonds is 5. The van der Waals surface area contributed by atoms with Crippen molar-refractivity contribution in [3.05, 3.63) is 23.1 Å². The lowest BCUT2D eigenvalue weighted by Gasteiger charge is -2.06. The van der Waals surface area contributed by atoms with Gasteiger partial charge in [0.15, 0.2) is 5.75 Å². The molecule has 0 saturated carbocycles. The van der Waals surface area contributed by atoms with Gasteiger partial charge in [-0.05, 0) is 29.8 Å². The maximum absolute atomic E-state index is 5.66. The van der Waals surface area contributed by atoms with Crippen molar-refractivity contribution in [1.29, 1.82) is 0 Å². The molecule has 0 unspecified atom stereocenters. The number of nitrogens with zero attached hydrogens (tertiary/aromatic N) is 4. The number of ether oxygens (including phenoxy) is 1. The number of hydrogen-bond acceptors (Lipinski definition) is 5. The van der Waals surface area contributed by atoms with E-state index in [2.05, 4.69) is 36.3 Å². The van der Waals surface area contributed by atoms with E-state index in [9.17, 15) is 0 Å². The molecule has 0 saturated heterocycles. The Bertz CT molecular complexity index is 528. The summed E-state index contributed by atoms with van der Waals surface area (Å²) >= 11 is 3.36. The molecule has 96 valence electrons. The monoisotopic (exact) mass is 311 g/mol. The van der Waals surface area contributed by atoms with E-state index in [1.165, 1.54) is 0 Å². The summed E-state index contributed by atoms with van der Waals surface area (Å²) in [6.07, 6.45) is 5.14. The van der Waals surface area contributed by atoms with Gasteiger partial charge in [0, 0.05) is 13.1 Å². The average Bonchev–Trinajstić information content (AvgIpc) is 2.81. The first kappa shape index (κ1) is 12.8. The lowest BCUT2D eigenvalue weighted by Crippen LogP contribution is -2.02. The first-order chi connectivity index (χ1) is 8.72. The van der Waals surface area contributed by atoms with Crippen LogP contribution < -0.4 is 10.1 Å². The zero-order valence-corrected chi connectivity index (χ0v) is 11.8. The summed E-state index contributed by atoms with van der Waals surface area (Å²) in [6.45, 7) is 5.56. The van der Waals surface area contributed by atoms with Gasteiger partial charge in [-0.2, -0.15) is 10.1 Å². The molecule has 2 aromatic rings. The first-order valence-electron chi connectivity index (χ1n) is 5.69. The quantitative estimate of drug-likeness (QED) is 0.919. The molecule has 1 N–H and O–H groups in total. The predicted molar refractivity (Wildman–Crippen MR) is 71.9 cm³/mol. The molecular weight excluding hydrogens is 298 g/mol. The van der Waals surface area contributed by atoms with Crippen LogP contribution in [-0.4, -0.2) is 26.3 Å². The minimum absolute atomic E-state index is 0.469. The van der Waals surface area contributed by atoms with Crippen molar-refractivity contribution in [1.82, 2.24) is 19.7 Å². The van der Waals surface area contributed by atoms with Gasteiger partial charge in [-0.15, -0.1) is 0 Å². The molecule has 0 aliphatic rings. The Morgan fingerprint density at radius 1 is 1.39 bits per heavy atom.